The van der Waals surface area contributed by atoms with E-state index in [1.54, 1.807) is 36.4 Å². The molecule has 0 unspecified atom stereocenters. The molecule has 0 radical (unpaired) electrons. The molecule has 150 valence electrons. The van der Waals surface area contributed by atoms with Crippen molar-refractivity contribution in [2.24, 2.45) is 0 Å². The summed E-state index contributed by atoms with van der Waals surface area (Å²) in [5.41, 5.74) is 1.48. The quantitative estimate of drug-likeness (QED) is 0.530. The molecule has 8 heteroatoms. The first kappa shape index (κ1) is 21.2. The second-order valence-corrected chi connectivity index (χ2v) is 6.81. The van der Waals surface area contributed by atoms with Gasteiger partial charge in [0.15, 0.2) is 0 Å². The number of hydrogen-bond donors (Lipinski definition) is 2. The van der Waals surface area contributed by atoms with Crippen molar-refractivity contribution in [1.82, 2.24) is 0 Å². The Bertz CT molecular complexity index is 1050. The zero-order valence-corrected chi connectivity index (χ0v) is 16.8. The third-order valence-corrected chi connectivity index (χ3v) is 4.59. The van der Waals surface area contributed by atoms with E-state index in [2.05, 4.69) is 10.6 Å². The smallest absolute Gasteiger partial charge is 0.255 e. The van der Waals surface area contributed by atoms with Crippen molar-refractivity contribution in [3.63, 3.8) is 0 Å². The van der Waals surface area contributed by atoms with Gasteiger partial charge in [-0.05, 0) is 71.7 Å². The molecule has 0 heterocycles. The summed E-state index contributed by atoms with van der Waals surface area (Å²) in [5.74, 6) is -0.934. The number of hydrogen-bond acceptors (Lipinski definition) is 4. The SMILES string of the molecule is O=C(Nc1ccccc1C(=O)Cl)c1ccc(C(=O)Nc2ccccc2C(=O)Cl)cc1. The maximum absolute atomic E-state index is 12.5. The van der Waals surface area contributed by atoms with Crippen molar-refractivity contribution in [3.05, 3.63) is 95.1 Å². The fourth-order valence-corrected chi connectivity index (χ4v) is 3.02. The summed E-state index contributed by atoms with van der Waals surface area (Å²) in [6.07, 6.45) is 0. The topological polar surface area (TPSA) is 92.3 Å². The van der Waals surface area contributed by atoms with Crippen LogP contribution in [0.25, 0.3) is 0 Å². The highest BCUT2D eigenvalue weighted by molar-refractivity contribution is 6.68. The fraction of sp³-hybridized carbons (Fsp3) is 0. The van der Waals surface area contributed by atoms with Gasteiger partial charge < -0.3 is 10.6 Å². The maximum Gasteiger partial charge on any atom is 0.255 e. The average Bonchev–Trinajstić information content (AvgIpc) is 2.74. The molecule has 0 aliphatic carbocycles. The Labute approximate surface area is 181 Å². The van der Waals surface area contributed by atoms with E-state index in [9.17, 15) is 19.2 Å². The van der Waals surface area contributed by atoms with Gasteiger partial charge in [0, 0.05) is 11.1 Å². The second kappa shape index (κ2) is 9.35. The van der Waals surface area contributed by atoms with E-state index in [-0.39, 0.29) is 33.6 Å². The van der Waals surface area contributed by atoms with Gasteiger partial charge in [0.25, 0.3) is 22.3 Å². The Hall–Kier alpha value is -3.48. The van der Waals surface area contributed by atoms with E-state index in [4.69, 9.17) is 23.2 Å². The zero-order chi connectivity index (χ0) is 21.7. The highest BCUT2D eigenvalue weighted by Crippen LogP contribution is 2.20. The number of para-hydroxylation sites is 2. The molecule has 30 heavy (non-hydrogen) atoms. The molecule has 3 rings (SSSR count). The molecule has 0 saturated heterocycles. The number of benzene rings is 3. The third kappa shape index (κ3) is 4.92. The fourth-order valence-electron chi connectivity index (χ4n) is 2.69. The van der Waals surface area contributed by atoms with Crippen LogP contribution in [0.5, 0.6) is 0 Å². The predicted octanol–water partition coefficient (Wildman–Crippen LogP) is 4.95. The lowest BCUT2D eigenvalue weighted by Gasteiger charge is -2.10. The van der Waals surface area contributed by atoms with Gasteiger partial charge in [-0.2, -0.15) is 0 Å². The van der Waals surface area contributed by atoms with Crippen LogP contribution in [-0.4, -0.2) is 22.3 Å². The number of carbonyl (C=O) groups is 4. The van der Waals surface area contributed by atoms with Crippen molar-refractivity contribution in [3.8, 4) is 0 Å². The van der Waals surface area contributed by atoms with E-state index in [0.717, 1.165) is 0 Å². The van der Waals surface area contributed by atoms with E-state index >= 15 is 0 Å². The summed E-state index contributed by atoms with van der Waals surface area (Å²) >= 11 is 11.1. The molecule has 0 bridgehead atoms. The molecule has 0 atom stereocenters. The van der Waals surface area contributed by atoms with Crippen LogP contribution in [0.15, 0.2) is 72.8 Å². The van der Waals surface area contributed by atoms with Gasteiger partial charge in [-0.1, -0.05) is 24.3 Å². The summed E-state index contributed by atoms with van der Waals surface area (Å²) in [5, 5.41) is 3.87. The average molecular weight is 441 g/mol. The van der Waals surface area contributed by atoms with Gasteiger partial charge in [0.2, 0.25) is 0 Å². The zero-order valence-electron chi connectivity index (χ0n) is 15.3. The van der Waals surface area contributed by atoms with Crippen molar-refractivity contribution in [2.45, 2.75) is 0 Å². The minimum Gasteiger partial charge on any atom is -0.321 e. The van der Waals surface area contributed by atoms with Gasteiger partial charge in [-0.15, -0.1) is 0 Å². The number of carbonyl (C=O) groups excluding carboxylic acids is 4. The normalized spacial score (nSPS) is 10.2. The maximum atomic E-state index is 12.5. The van der Waals surface area contributed by atoms with Gasteiger partial charge in [0.05, 0.1) is 22.5 Å². The standard InChI is InChI=1S/C22H14Cl2N2O4/c23-19(27)15-5-1-3-7-17(15)25-21(29)13-9-11-14(12-10-13)22(30)26-18-8-4-2-6-16(18)20(24)28/h1-12H,(H,25,29)(H,26,30). The molecule has 3 aromatic rings. The number of amides is 2. The third-order valence-electron chi connectivity index (χ3n) is 4.18. The van der Waals surface area contributed by atoms with Crippen LogP contribution < -0.4 is 10.6 Å². The molecule has 0 aliphatic rings. The summed E-state index contributed by atoms with van der Waals surface area (Å²) in [6.45, 7) is 0. The molecular formula is C22H14Cl2N2O4. The lowest BCUT2D eigenvalue weighted by molar-refractivity contribution is 0.101. The first-order valence-corrected chi connectivity index (χ1v) is 9.43. The van der Waals surface area contributed by atoms with E-state index in [0.29, 0.717) is 0 Å². The van der Waals surface area contributed by atoms with Gasteiger partial charge >= 0.3 is 0 Å². The first-order chi connectivity index (χ1) is 14.4. The molecule has 0 aliphatic heterocycles. The van der Waals surface area contributed by atoms with Crippen LogP contribution in [0.2, 0.25) is 0 Å². The molecule has 3 aromatic carbocycles. The summed E-state index contributed by atoms with van der Waals surface area (Å²) in [6, 6.07) is 18.6. The van der Waals surface area contributed by atoms with Crippen LogP contribution in [0.3, 0.4) is 0 Å². The van der Waals surface area contributed by atoms with Crippen LogP contribution in [0, 0.1) is 0 Å². The minimum absolute atomic E-state index is 0.177. The lowest BCUT2D eigenvalue weighted by atomic mass is 10.1. The van der Waals surface area contributed by atoms with Crippen molar-refractivity contribution in [2.75, 3.05) is 10.6 Å². The second-order valence-electron chi connectivity index (χ2n) is 6.12. The highest BCUT2D eigenvalue weighted by atomic mass is 35.5. The van der Waals surface area contributed by atoms with E-state index in [1.165, 1.54) is 36.4 Å². The van der Waals surface area contributed by atoms with E-state index < -0.39 is 22.3 Å². The molecular weight excluding hydrogens is 427 g/mol. The number of halogens is 2. The van der Waals surface area contributed by atoms with Crippen molar-refractivity contribution in [1.29, 1.82) is 0 Å². The number of nitrogens with one attached hydrogen (secondary N) is 2. The molecule has 2 N–H and O–H groups in total. The van der Waals surface area contributed by atoms with Crippen LogP contribution in [0.1, 0.15) is 41.4 Å². The Morgan fingerprint density at radius 3 is 1.20 bits per heavy atom. The lowest BCUT2D eigenvalue weighted by Crippen LogP contribution is -2.16. The molecule has 0 spiro atoms. The molecule has 0 fully saturated rings. The first-order valence-electron chi connectivity index (χ1n) is 8.67. The largest absolute Gasteiger partial charge is 0.321 e. The monoisotopic (exact) mass is 440 g/mol. The summed E-state index contributed by atoms with van der Waals surface area (Å²) < 4.78 is 0. The van der Waals surface area contributed by atoms with Crippen LogP contribution >= 0.6 is 23.2 Å². The molecule has 0 saturated carbocycles. The van der Waals surface area contributed by atoms with Crippen LogP contribution in [-0.2, 0) is 0 Å². The minimum atomic E-state index is -0.686. The van der Waals surface area contributed by atoms with Gasteiger partial charge in [-0.25, -0.2) is 0 Å². The Morgan fingerprint density at radius 2 is 0.867 bits per heavy atom. The highest BCUT2D eigenvalue weighted by Gasteiger charge is 2.15. The molecule has 2 amide bonds. The van der Waals surface area contributed by atoms with Gasteiger partial charge in [0.1, 0.15) is 0 Å². The summed E-state index contributed by atoms with van der Waals surface area (Å²) in [7, 11) is 0. The van der Waals surface area contributed by atoms with Gasteiger partial charge in [-0.3, -0.25) is 19.2 Å². The van der Waals surface area contributed by atoms with Crippen molar-refractivity contribution < 1.29 is 19.2 Å². The summed E-state index contributed by atoms with van der Waals surface area (Å²) in [4.78, 5) is 47.8. The number of anilines is 2. The Kier molecular flexibility index (Phi) is 6.61. The molecule has 6 nitrogen and oxygen atoms in total. The predicted molar refractivity (Wildman–Crippen MR) is 116 cm³/mol. The Morgan fingerprint density at radius 1 is 0.533 bits per heavy atom. The van der Waals surface area contributed by atoms with Crippen molar-refractivity contribution >= 4 is 56.9 Å². The molecule has 0 aromatic heterocycles. The van der Waals surface area contributed by atoms with E-state index in [1.807, 2.05) is 0 Å². The Balaban J connectivity index is 1.74. The van der Waals surface area contributed by atoms with Crippen LogP contribution in [0.4, 0.5) is 11.4 Å². The number of rotatable bonds is 6.